The van der Waals surface area contributed by atoms with Crippen molar-refractivity contribution in [2.45, 2.75) is 44.2 Å². The number of hydrogen-bond acceptors (Lipinski definition) is 2. The standard InChI is InChI=1S/C15H20ClNO/c16-13-4-3-11-9-14(10-12(11)8-13)17-6-5-15-2-1-7-18-15/h3-4,8,14-15,17H,1-2,5-7,9-10H2. The van der Waals surface area contributed by atoms with Crippen LogP contribution in [0, 0.1) is 0 Å². The molecule has 2 atom stereocenters. The van der Waals surface area contributed by atoms with E-state index in [1.807, 2.05) is 6.07 Å². The molecule has 0 spiro atoms. The number of benzene rings is 1. The van der Waals surface area contributed by atoms with Crippen LogP contribution in [0.4, 0.5) is 0 Å². The van der Waals surface area contributed by atoms with Gasteiger partial charge in [-0.05, 0) is 61.9 Å². The lowest BCUT2D eigenvalue weighted by Gasteiger charge is -2.14. The van der Waals surface area contributed by atoms with E-state index in [1.54, 1.807) is 0 Å². The normalized spacial score (nSPS) is 26.5. The second-order valence-electron chi connectivity index (χ2n) is 5.40. The Morgan fingerprint density at radius 1 is 1.28 bits per heavy atom. The smallest absolute Gasteiger partial charge is 0.0588 e. The highest BCUT2D eigenvalue weighted by Crippen LogP contribution is 2.25. The van der Waals surface area contributed by atoms with E-state index in [9.17, 15) is 0 Å². The Morgan fingerprint density at radius 3 is 3.00 bits per heavy atom. The van der Waals surface area contributed by atoms with Gasteiger partial charge in [0, 0.05) is 17.7 Å². The van der Waals surface area contributed by atoms with Crippen LogP contribution in [0.15, 0.2) is 18.2 Å². The van der Waals surface area contributed by atoms with Crippen molar-refractivity contribution in [2.24, 2.45) is 0 Å². The summed E-state index contributed by atoms with van der Waals surface area (Å²) in [7, 11) is 0. The number of halogens is 1. The van der Waals surface area contributed by atoms with Crippen molar-refractivity contribution in [3.8, 4) is 0 Å². The average Bonchev–Trinajstić information content (AvgIpc) is 2.97. The minimum absolute atomic E-state index is 0.496. The molecular weight excluding hydrogens is 246 g/mol. The van der Waals surface area contributed by atoms with E-state index < -0.39 is 0 Å². The third-order valence-corrected chi connectivity index (χ3v) is 4.26. The van der Waals surface area contributed by atoms with E-state index in [-0.39, 0.29) is 0 Å². The highest BCUT2D eigenvalue weighted by Gasteiger charge is 2.21. The minimum atomic E-state index is 0.496. The predicted molar refractivity (Wildman–Crippen MR) is 74.2 cm³/mol. The lowest BCUT2D eigenvalue weighted by Crippen LogP contribution is -2.32. The van der Waals surface area contributed by atoms with Crippen LogP contribution < -0.4 is 5.32 Å². The van der Waals surface area contributed by atoms with Crippen molar-refractivity contribution in [2.75, 3.05) is 13.2 Å². The fraction of sp³-hybridized carbons (Fsp3) is 0.600. The van der Waals surface area contributed by atoms with Crippen molar-refractivity contribution in [3.63, 3.8) is 0 Å². The number of ether oxygens (including phenoxy) is 1. The largest absolute Gasteiger partial charge is 0.378 e. The molecule has 2 unspecified atom stereocenters. The molecule has 3 heteroatoms. The lowest BCUT2D eigenvalue weighted by atomic mass is 10.1. The van der Waals surface area contributed by atoms with Crippen molar-refractivity contribution < 1.29 is 4.74 Å². The van der Waals surface area contributed by atoms with Gasteiger partial charge in [-0.3, -0.25) is 0 Å². The fourth-order valence-electron chi connectivity index (χ4n) is 3.05. The maximum atomic E-state index is 6.02. The van der Waals surface area contributed by atoms with Gasteiger partial charge in [-0.15, -0.1) is 0 Å². The number of nitrogens with one attached hydrogen (secondary N) is 1. The van der Waals surface area contributed by atoms with E-state index in [1.165, 1.54) is 24.0 Å². The molecular formula is C15H20ClNO. The fourth-order valence-corrected chi connectivity index (χ4v) is 3.25. The molecule has 0 amide bonds. The molecule has 18 heavy (non-hydrogen) atoms. The first-order chi connectivity index (χ1) is 8.81. The summed E-state index contributed by atoms with van der Waals surface area (Å²) >= 11 is 6.02. The zero-order chi connectivity index (χ0) is 12.4. The molecule has 1 N–H and O–H groups in total. The molecule has 2 aliphatic rings. The van der Waals surface area contributed by atoms with Crippen LogP contribution in [0.2, 0.25) is 5.02 Å². The summed E-state index contributed by atoms with van der Waals surface area (Å²) in [6, 6.07) is 6.85. The molecule has 1 saturated heterocycles. The molecule has 3 rings (SSSR count). The van der Waals surface area contributed by atoms with Gasteiger partial charge in [0.15, 0.2) is 0 Å². The van der Waals surface area contributed by atoms with E-state index in [0.717, 1.165) is 37.4 Å². The molecule has 0 saturated carbocycles. The maximum Gasteiger partial charge on any atom is 0.0588 e. The average molecular weight is 266 g/mol. The molecule has 2 nitrogen and oxygen atoms in total. The Balaban J connectivity index is 1.46. The number of rotatable bonds is 4. The van der Waals surface area contributed by atoms with Gasteiger partial charge >= 0.3 is 0 Å². The Kier molecular flexibility index (Phi) is 3.88. The monoisotopic (exact) mass is 265 g/mol. The summed E-state index contributed by atoms with van der Waals surface area (Å²) in [5.41, 5.74) is 2.87. The molecule has 0 bridgehead atoms. The summed E-state index contributed by atoms with van der Waals surface area (Å²) < 4.78 is 5.64. The summed E-state index contributed by atoms with van der Waals surface area (Å²) in [6.45, 7) is 2.02. The Labute approximate surface area is 114 Å². The van der Waals surface area contributed by atoms with Gasteiger partial charge in [-0.2, -0.15) is 0 Å². The van der Waals surface area contributed by atoms with Gasteiger partial charge in [0.25, 0.3) is 0 Å². The van der Waals surface area contributed by atoms with E-state index in [0.29, 0.717) is 12.1 Å². The van der Waals surface area contributed by atoms with Crippen LogP contribution >= 0.6 is 11.6 Å². The van der Waals surface area contributed by atoms with E-state index in [2.05, 4.69) is 17.4 Å². The SMILES string of the molecule is Clc1ccc2c(c1)CC(NCCC1CCCO1)C2. The molecule has 1 aliphatic carbocycles. The second kappa shape index (κ2) is 5.60. The first-order valence-electron chi connectivity index (χ1n) is 6.93. The molecule has 1 heterocycles. The van der Waals surface area contributed by atoms with Gasteiger partial charge in [-0.1, -0.05) is 17.7 Å². The van der Waals surface area contributed by atoms with Gasteiger partial charge in [0.1, 0.15) is 0 Å². The molecule has 0 aromatic heterocycles. The zero-order valence-electron chi connectivity index (χ0n) is 10.6. The van der Waals surface area contributed by atoms with Gasteiger partial charge < -0.3 is 10.1 Å². The molecule has 1 aliphatic heterocycles. The van der Waals surface area contributed by atoms with Gasteiger partial charge in [0.05, 0.1) is 6.10 Å². The molecule has 1 fully saturated rings. The molecule has 1 aromatic rings. The van der Waals surface area contributed by atoms with Crippen LogP contribution in [0.5, 0.6) is 0 Å². The topological polar surface area (TPSA) is 21.3 Å². The molecule has 0 radical (unpaired) electrons. The Hall–Kier alpha value is -0.570. The highest BCUT2D eigenvalue weighted by molar-refractivity contribution is 6.30. The number of fused-ring (bicyclic) bond motifs is 1. The highest BCUT2D eigenvalue weighted by atomic mass is 35.5. The summed E-state index contributed by atoms with van der Waals surface area (Å²) in [6.07, 6.45) is 6.36. The molecule has 1 aromatic carbocycles. The number of hydrogen-bond donors (Lipinski definition) is 1. The zero-order valence-corrected chi connectivity index (χ0v) is 11.4. The summed E-state index contributed by atoms with van der Waals surface area (Å²) in [5.74, 6) is 0. The lowest BCUT2D eigenvalue weighted by molar-refractivity contribution is 0.103. The predicted octanol–water partition coefficient (Wildman–Crippen LogP) is 2.97. The van der Waals surface area contributed by atoms with Gasteiger partial charge in [0.2, 0.25) is 0 Å². The van der Waals surface area contributed by atoms with Crippen molar-refractivity contribution in [3.05, 3.63) is 34.3 Å². The van der Waals surface area contributed by atoms with Crippen LogP contribution in [0.3, 0.4) is 0 Å². The first-order valence-corrected chi connectivity index (χ1v) is 7.31. The van der Waals surface area contributed by atoms with Gasteiger partial charge in [-0.25, -0.2) is 0 Å². The Morgan fingerprint density at radius 2 is 2.17 bits per heavy atom. The van der Waals surface area contributed by atoms with E-state index >= 15 is 0 Å². The summed E-state index contributed by atoms with van der Waals surface area (Å²) in [4.78, 5) is 0. The summed E-state index contributed by atoms with van der Waals surface area (Å²) in [5, 5.41) is 4.51. The molecule has 98 valence electrons. The van der Waals surface area contributed by atoms with Crippen molar-refractivity contribution in [1.82, 2.24) is 5.32 Å². The quantitative estimate of drug-likeness (QED) is 0.904. The minimum Gasteiger partial charge on any atom is -0.378 e. The second-order valence-corrected chi connectivity index (χ2v) is 5.83. The van der Waals surface area contributed by atoms with Crippen LogP contribution in [0.25, 0.3) is 0 Å². The Bertz CT molecular complexity index is 415. The van der Waals surface area contributed by atoms with Crippen molar-refractivity contribution >= 4 is 11.6 Å². The van der Waals surface area contributed by atoms with Crippen LogP contribution in [0.1, 0.15) is 30.4 Å². The third-order valence-electron chi connectivity index (χ3n) is 4.02. The first kappa shape index (κ1) is 12.5. The van der Waals surface area contributed by atoms with Crippen LogP contribution in [-0.4, -0.2) is 25.3 Å². The van der Waals surface area contributed by atoms with E-state index in [4.69, 9.17) is 16.3 Å². The van der Waals surface area contributed by atoms with Crippen molar-refractivity contribution in [1.29, 1.82) is 0 Å². The maximum absolute atomic E-state index is 6.02. The third kappa shape index (κ3) is 2.87. The van der Waals surface area contributed by atoms with Crippen LogP contribution in [-0.2, 0) is 17.6 Å².